The lowest BCUT2D eigenvalue weighted by Gasteiger charge is -2.05. The van der Waals surface area contributed by atoms with Crippen LogP contribution in [0.2, 0.25) is 0 Å². The summed E-state index contributed by atoms with van der Waals surface area (Å²) in [6.07, 6.45) is 9.35. The minimum absolute atomic E-state index is 0.892. The molecular formula is C13H19N5. The maximum atomic E-state index is 4.23. The smallest absolute Gasteiger partial charge is 0.129 e. The van der Waals surface area contributed by atoms with Crippen LogP contribution in [0.4, 0.5) is 5.82 Å². The third-order valence-corrected chi connectivity index (χ3v) is 2.68. The Morgan fingerprint density at radius 3 is 2.94 bits per heavy atom. The molecule has 5 nitrogen and oxygen atoms in total. The van der Waals surface area contributed by atoms with Crippen LogP contribution in [0.3, 0.4) is 0 Å². The number of rotatable bonds is 7. The Hall–Kier alpha value is -1.91. The van der Waals surface area contributed by atoms with Crippen molar-refractivity contribution in [3.8, 4) is 0 Å². The molecule has 0 fully saturated rings. The highest BCUT2D eigenvalue weighted by atomic mass is 15.0. The van der Waals surface area contributed by atoms with Crippen LogP contribution in [0.1, 0.15) is 31.3 Å². The number of H-pyrrole nitrogens is 1. The Morgan fingerprint density at radius 1 is 1.22 bits per heavy atom. The summed E-state index contributed by atoms with van der Waals surface area (Å²) in [5.41, 5.74) is 1.10. The van der Waals surface area contributed by atoms with Crippen molar-refractivity contribution in [3.05, 3.63) is 36.3 Å². The number of anilines is 1. The van der Waals surface area contributed by atoms with Crippen molar-refractivity contribution in [1.29, 1.82) is 0 Å². The van der Waals surface area contributed by atoms with E-state index in [1.54, 1.807) is 12.5 Å². The number of nitrogens with one attached hydrogen (secondary N) is 2. The SMILES string of the molecule is CCCc1cc(NCCCc2ncc[nH]2)ncn1. The Labute approximate surface area is 107 Å². The number of aromatic nitrogens is 4. The van der Waals surface area contributed by atoms with Crippen molar-refractivity contribution in [3.63, 3.8) is 0 Å². The molecule has 0 bridgehead atoms. The molecule has 0 atom stereocenters. The van der Waals surface area contributed by atoms with Crippen LogP contribution in [-0.2, 0) is 12.8 Å². The highest BCUT2D eigenvalue weighted by molar-refractivity contribution is 5.34. The number of hydrogen-bond donors (Lipinski definition) is 2. The zero-order chi connectivity index (χ0) is 12.6. The first-order valence-corrected chi connectivity index (χ1v) is 6.41. The molecule has 0 spiro atoms. The topological polar surface area (TPSA) is 66.5 Å². The fourth-order valence-corrected chi connectivity index (χ4v) is 1.79. The van der Waals surface area contributed by atoms with Gasteiger partial charge in [-0.2, -0.15) is 0 Å². The summed E-state index contributed by atoms with van der Waals surface area (Å²) in [4.78, 5) is 15.7. The molecular weight excluding hydrogens is 226 g/mol. The number of nitrogens with zero attached hydrogens (tertiary/aromatic N) is 3. The van der Waals surface area contributed by atoms with Crippen LogP contribution < -0.4 is 5.32 Å². The second-order valence-corrected chi connectivity index (χ2v) is 4.21. The number of imidazole rings is 1. The third-order valence-electron chi connectivity index (χ3n) is 2.68. The second kappa shape index (κ2) is 6.74. The van der Waals surface area contributed by atoms with E-state index in [9.17, 15) is 0 Å². The average molecular weight is 245 g/mol. The largest absolute Gasteiger partial charge is 0.370 e. The van der Waals surface area contributed by atoms with Crippen molar-refractivity contribution in [2.45, 2.75) is 32.6 Å². The Morgan fingerprint density at radius 2 is 2.17 bits per heavy atom. The number of hydrogen-bond acceptors (Lipinski definition) is 4. The average Bonchev–Trinajstić information content (AvgIpc) is 2.89. The number of aryl methyl sites for hydroxylation is 2. The van der Waals surface area contributed by atoms with Crippen molar-refractivity contribution in [2.75, 3.05) is 11.9 Å². The summed E-state index contributed by atoms with van der Waals surface area (Å²) in [6, 6.07) is 2.02. The first kappa shape index (κ1) is 12.5. The normalized spacial score (nSPS) is 10.5. The Kier molecular flexibility index (Phi) is 4.69. The summed E-state index contributed by atoms with van der Waals surface area (Å²) < 4.78 is 0. The van der Waals surface area contributed by atoms with Crippen LogP contribution in [0, 0.1) is 0 Å². The predicted octanol–water partition coefficient (Wildman–Crippen LogP) is 2.20. The molecule has 0 aliphatic heterocycles. The standard InChI is InChI=1S/C13H19N5/c1-2-4-11-9-13(18-10-17-11)14-6-3-5-12-15-7-8-16-12/h7-10H,2-6H2,1H3,(H,15,16)(H,14,17,18). The van der Waals surface area contributed by atoms with E-state index >= 15 is 0 Å². The molecule has 0 radical (unpaired) electrons. The molecule has 0 aliphatic carbocycles. The maximum Gasteiger partial charge on any atom is 0.129 e. The van der Waals surface area contributed by atoms with E-state index in [4.69, 9.17) is 0 Å². The summed E-state index contributed by atoms with van der Waals surface area (Å²) >= 11 is 0. The van der Waals surface area contributed by atoms with Gasteiger partial charge in [0.2, 0.25) is 0 Å². The first-order valence-electron chi connectivity index (χ1n) is 6.41. The van der Waals surface area contributed by atoms with Gasteiger partial charge in [-0.25, -0.2) is 15.0 Å². The van der Waals surface area contributed by atoms with E-state index in [0.717, 1.165) is 49.6 Å². The van der Waals surface area contributed by atoms with Crippen molar-refractivity contribution in [1.82, 2.24) is 19.9 Å². The van der Waals surface area contributed by atoms with Gasteiger partial charge >= 0.3 is 0 Å². The van der Waals surface area contributed by atoms with E-state index in [1.807, 2.05) is 12.3 Å². The molecule has 96 valence electrons. The second-order valence-electron chi connectivity index (χ2n) is 4.21. The van der Waals surface area contributed by atoms with E-state index in [-0.39, 0.29) is 0 Å². The molecule has 5 heteroatoms. The lowest BCUT2D eigenvalue weighted by atomic mass is 10.2. The quantitative estimate of drug-likeness (QED) is 0.734. The molecule has 0 amide bonds. The van der Waals surface area contributed by atoms with Crippen molar-refractivity contribution < 1.29 is 0 Å². The molecule has 0 saturated carbocycles. The van der Waals surface area contributed by atoms with Crippen LogP contribution in [0.15, 0.2) is 24.8 Å². The van der Waals surface area contributed by atoms with Crippen molar-refractivity contribution >= 4 is 5.82 Å². The molecule has 0 aromatic carbocycles. The molecule has 2 rings (SSSR count). The molecule has 2 aromatic heterocycles. The summed E-state index contributed by atoms with van der Waals surface area (Å²) in [7, 11) is 0. The Balaban J connectivity index is 1.74. The molecule has 2 N–H and O–H groups in total. The third kappa shape index (κ3) is 3.84. The predicted molar refractivity (Wildman–Crippen MR) is 71.4 cm³/mol. The van der Waals surface area contributed by atoms with Gasteiger partial charge < -0.3 is 10.3 Å². The summed E-state index contributed by atoms with van der Waals surface area (Å²) in [5.74, 6) is 1.94. The first-order chi connectivity index (χ1) is 8.88. The van der Waals surface area contributed by atoms with Gasteiger partial charge in [0.25, 0.3) is 0 Å². The molecule has 0 unspecified atom stereocenters. The molecule has 2 heterocycles. The van der Waals surface area contributed by atoms with Crippen LogP contribution in [-0.4, -0.2) is 26.5 Å². The number of aromatic amines is 1. The van der Waals surface area contributed by atoms with Gasteiger partial charge in [0.15, 0.2) is 0 Å². The highest BCUT2D eigenvalue weighted by Gasteiger charge is 1.98. The highest BCUT2D eigenvalue weighted by Crippen LogP contribution is 2.06. The van der Waals surface area contributed by atoms with E-state index in [1.165, 1.54) is 0 Å². The lowest BCUT2D eigenvalue weighted by Crippen LogP contribution is -2.06. The van der Waals surface area contributed by atoms with Gasteiger partial charge in [-0.1, -0.05) is 13.3 Å². The zero-order valence-electron chi connectivity index (χ0n) is 10.7. The van der Waals surface area contributed by atoms with Crippen LogP contribution in [0.5, 0.6) is 0 Å². The van der Waals surface area contributed by atoms with Gasteiger partial charge in [0.05, 0.1) is 0 Å². The fraction of sp³-hybridized carbons (Fsp3) is 0.462. The minimum atomic E-state index is 0.892. The maximum absolute atomic E-state index is 4.23. The van der Waals surface area contributed by atoms with Gasteiger partial charge in [-0.05, 0) is 12.8 Å². The Bertz CT molecular complexity index is 452. The van der Waals surface area contributed by atoms with E-state index in [0.29, 0.717) is 0 Å². The van der Waals surface area contributed by atoms with Crippen LogP contribution >= 0.6 is 0 Å². The van der Waals surface area contributed by atoms with Crippen LogP contribution in [0.25, 0.3) is 0 Å². The minimum Gasteiger partial charge on any atom is -0.370 e. The molecule has 0 saturated heterocycles. The van der Waals surface area contributed by atoms with Gasteiger partial charge in [-0.15, -0.1) is 0 Å². The van der Waals surface area contributed by atoms with Crippen molar-refractivity contribution in [2.24, 2.45) is 0 Å². The van der Waals surface area contributed by atoms with E-state index in [2.05, 4.69) is 32.2 Å². The van der Waals surface area contributed by atoms with Gasteiger partial charge in [0, 0.05) is 37.1 Å². The molecule has 0 aliphatic rings. The monoisotopic (exact) mass is 245 g/mol. The fourth-order valence-electron chi connectivity index (χ4n) is 1.79. The molecule has 2 aromatic rings. The van der Waals surface area contributed by atoms with Gasteiger partial charge in [-0.3, -0.25) is 0 Å². The van der Waals surface area contributed by atoms with E-state index < -0.39 is 0 Å². The zero-order valence-corrected chi connectivity index (χ0v) is 10.7. The molecule has 18 heavy (non-hydrogen) atoms. The summed E-state index contributed by atoms with van der Waals surface area (Å²) in [5, 5.41) is 3.31. The summed E-state index contributed by atoms with van der Waals surface area (Å²) in [6.45, 7) is 3.04. The van der Waals surface area contributed by atoms with Gasteiger partial charge in [0.1, 0.15) is 18.0 Å². The lowest BCUT2D eigenvalue weighted by molar-refractivity contribution is 0.811.